The number of aromatic hydroxyl groups is 1. The number of phenolic OH excluding ortho intramolecular Hbond substituents is 1. The summed E-state index contributed by atoms with van der Waals surface area (Å²) in [4.78, 5) is 25.6. The zero-order chi connectivity index (χ0) is 27.2. The fraction of sp³-hybridized carbons (Fsp3) is 0.300. The van der Waals surface area contributed by atoms with Gasteiger partial charge in [-0.15, -0.1) is 0 Å². The molecule has 0 unspecified atom stereocenters. The lowest BCUT2D eigenvalue weighted by Crippen LogP contribution is -2.31. The number of hydrogen-bond donors (Lipinski definition) is 2. The number of carbonyl (C=O) groups is 2. The molecule has 0 fully saturated rings. The SMILES string of the molecule is COc1ccccc1[C@H]1CC(=O)C2=C(C1)NC(C)=C(C(=O)OCc1cnn(C)c1)C2.Cc1cccc(O)c1. The van der Waals surface area contributed by atoms with Gasteiger partial charge in [0, 0.05) is 54.5 Å². The molecule has 2 N–H and O–H groups in total. The maximum atomic E-state index is 12.9. The third-order valence-corrected chi connectivity index (χ3v) is 6.68. The van der Waals surface area contributed by atoms with Crippen molar-refractivity contribution in [2.24, 2.45) is 7.05 Å². The Bertz CT molecular complexity index is 1380. The highest BCUT2D eigenvalue weighted by Crippen LogP contribution is 2.41. The molecule has 2 heterocycles. The molecule has 0 amide bonds. The van der Waals surface area contributed by atoms with Crippen molar-refractivity contribution in [1.82, 2.24) is 15.1 Å². The number of allylic oxidation sites excluding steroid dienone is 3. The number of benzene rings is 2. The quantitative estimate of drug-likeness (QED) is 0.469. The first-order valence-electron chi connectivity index (χ1n) is 12.5. The lowest BCUT2D eigenvalue weighted by atomic mass is 9.78. The number of ketones is 1. The molecule has 0 saturated carbocycles. The van der Waals surface area contributed by atoms with Crippen LogP contribution in [0.15, 0.2) is 83.5 Å². The van der Waals surface area contributed by atoms with Gasteiger partial charge in [-0.05, 0) is 49.6 Å². The predicted molar refractivity (Wildman–Crippen MR) is 143 cm³/mol. The lowest BCUT2D eigenvalue weighted by molar-refractivity contribution is -0.140. The Labute approximate surface area is 222 Å². The summed E-state index contributed by atoms with van der Waals surface area (Å²) < 4.78 is 12.6. The van der Waals surface area contributed by atoms with Crippen molar-refractivity contribution in [2.45, 2.75) is 45.6 Å². The zero-order valence-corrected chi connectivity index (χ0v) is 22.2. The van der Waals surface area contributed by atoms with E-state index in [1.54, 1.807) is 36.3 Å². The van der Waals surface area contributed by atoms with Crippen LogP contribution < -0.4 is 10.1 Å². The number of ether oxygens (including phenoxy) is 2. The molecule has 1 aliphatic carbocycles. The van der Waals surface area contributed by atoms with E-state index in [4.69, 9.17) is 14.6 Å². The van der Waals surface area contributed by atoms with E-state index in [1.165, 1.54) is 0 Å². The average molecular weight is 516 g/mol. The van der Waals surface area contributed by atoms with Crippen molar-refractivity contribution in [3.8, 4) is 11.5 Å². The molecular weight excluding hydrogens is 482 g/mol. The molecule has 3 aromatic rings. The normalized spacial score (nSPS) is 16.7. The van der Waals surface area contributed by atoms with Crippen LogP contribution in [0.2, 0.25) is 0 Å². The highest BCUT2D eigenvalue weighted by molar-refractivity contribution is 6.01. The number of aryl methyl sites for hydroxylation is 2. The van der Waals surface area contributed by atoms with E-state index in [0.29, 0.717) is 36.2 Å². The Morgan fingerprint density at radius 1 is 1.16 bits per heavy atom. The van der Waals surface area contributed by atoms with Gasteiger partial charge in [0.05, 0.1) is 18.9 Å². The molecule has 198 valence electrons. The van der Waals surface area contributed by atoms with Crippen molar-refractivity contribution in [3.05, 3.63) is 100 Å². The Balaban J connectivity index is 0.000000360. The van der Waals surface area contributed by atoms with Gasteiger partial charge in [-0.2, -0.15) is 5.10 Å². The van der Waals surface area contributed by atoms with Gasteiger partial charge in [-0.3, -0.25) is 9.48 Å². The summed E-state index contributed by atoms with van der Waals surface area (Å²) in [6.45, 7) is 3.94. The van der Waals surface area contributed by atoms with Crippen LogP contribution in [0.4, 0.5) is 0 Å². The van der Waals surface area contributed by atoms with Crippen molar-refractivity contribution in [1.29, 1.82) is 0 Å². The summed E-state index contributed by atoms with van der Waals surface area (Å²) in [6, 6.07) is 15.0. The number of phenols is 1. The number of methoxy groups -OCH3 is 1. The second kappa shape index (κ2) is 11.8. The standard InChI is InChI=1S/C23H25N3O4.C7H8O/c1-14-18(23(28)30-13-15-11-24-26(2)12-15)10-19-20(25-14)8-16(9-21(19)27)17-6-4-5-7-22(17)29-3;1-6-3-2-4-7(8)5-6/h4-7,11-12,16,25H,8-10,13H2,1-3H3;2-5,8H,1H3/t16-;/m1./s1. The number of hydrogen-bond acceptors (Lipinski definition) is 7. The van der Waals surface area contributed by atoms with Gasteiger partial charge in [0.15, 0.2) is 5.78 Å². The monoisotopic (exact) mass is 515 g/mol. The first kappa shape index (κ1) is 26.7. The zero-order valence-electron chi connectivity index (χ0n) is 22.2. The first-order valence-corrected chi connectivity index (χ1v) is 12.5. The number of nitrogens with zero attached hydrogens (tertiary/aromatic N) is 2. The Morgan fingerprint density at radius 3 is 2.61 bits per heavy atom. The van der Waals surface area contributed by atoms with E-state index in [0.717, 1.165) is 33.8 Å². The summed E-state index contributed by atoms with van der Waals surface area (Å²) in [5.74, 6) is 0.832. The summed E-state index contributed by atoms with van der Waals surface area (Å²) in [7, 11) is 3.45. The van der Waals surface area contributed by atoms with Crippen LogP contribution >= 0.6 is 0 Å². The number of dihydropyridines is 1. The van der Waals surface area contributed by atoms with E-state index in [9.17, 15) is 9.59 Å². The van der Waals surface area contributed by atoms with Crippen LogP contribution in [0.1, 0.15) is 48.8 Å². The number of esters is 1. The van der Waals surface area contributed by atoms with Crippen molar-refractivity contribution in [2.75, 3.05) is 7.11 Å². The summed E-state index contributed by atoms with van der Waals surface area (Å²) in [5.41, 5.74) is 5.75. The van der Waals surface area contributed by atoms with E-state index in [-0.39, 0.29) is 18.3 Å². The van der Waals surface area contributed by atoms with Crippen LogP contribution in [0, 0.1) is 6.92 Å². The number of rotatable bonds is 5. The second-order valence-electron chi connectivity index (χ2n) is 9.57. The Morgan fingerprint density at radius 2 is 1.95 bits per heavy atom. The van der Waals surface area contributed by atoms with Gasteiger partial charge in [-0.25, -0.2) is 4.79 Å². The molecule has 1 aromatic heterocycles. The van der Waals surface area contributed by atoms with Gasteiger partial charge in [0.2, 0.25) is 0 Å². The van der Waals surface area contributed by atoms with Crippen molar-refractivity contribution in [3.63, 3.8) is 0 Å². The largest absolute Gasteiger partial charge is 0.508 e. The topological polar surface area (TPSA) is 103 Å². The van der Waals surface area contributed by atoms with E-state index < -0.39 is 5.97 Å². The molecule has 5 rings (SSSR count). The van der Waals surface area contributed by atoms with E-state index in [1.807, 2.05) is 57.3 Å². The molecule has 0 spiro atoms. The molecule has 38 heavy (non-hydrogen) atoms. The van der Waals surface area contributed by atoms with Crippen molar-refractivity contribution >= 4 is 11.8 Å². The number of Topliss-reactive ketones (excluding diaryl/α,β-unsaturated/α-hetero) is 1. The Kier molecular flexibility index (Phi) is 8.31. The molecular formula is C30H33N3O5. The van der Waals surface area contributed by atoms with Crippen molar-refractivity contribution < 1.29 is 24.2 Å². The minimum Gasteiger partial charge on any atom is -0.508 e. The van der Waals surface area contributed by atoms with Gasteiger partial charge >= 0.3 is 5.97 Å². The number of carbonyl (C=O) groups excluding carboxylic acids is 2. The van der Waals surface area contributed by atoms with E-state index in [2.05, 4.69) is 10.4 Å². The maximum absolute atomic E-state index is 12.9. The molecule has 0 bridgehead atoms. The summed E-state index contributed by atoms with van der Waals surface area (Å²) in [5, 5.41) is 16.2. The summed E-state index contributed by atoms with van der Waals surface area (Å²) in [6.07, 6.45) is 4.88. The minimum atomic E-state index is -0.407. The van der Waals surface area contributed by atoms with Crippen LogP contribution in [0.3, 0.4) is 0 Å². The smallest absolute Gasteiger partial charge is 0.336 e. The predicted octanol–water partition coefficient (Wildman–Crippen LogP) is 4.84. The highest BCUT2D eigenvalue weighted by Gasteiger charge is 2.34. The Hall–Kier alpha value is -4.33. The third kappa shape index (κ3) is 6.32. The molecule has 8 heteroatoms. The number of para-hydroxylation sites is 1. The molecule has 2 aromatic carbocycles. The number of aromatic nitrogens is 2. The fourth-order valence-corrected chi connectivity index (χ4v) is 4.76. The molecule has 8 nitrogen and oxygen atoms in total. The van der Waals surface area contributed by atoms with E-state index >= 15 is 0 Å². The van der Waals surface area contributed by atoms with Crippen LogP contribution in [0.25, 0.3) is 0 Å². The van der Waals surface area contributed by atoms with Gasteiger partial charge in [0.1, 0.15) is 18.1 Å². The third-order valence-electron chi connectivity index (χ3n) is 6.68. The minimum absolute atomic E-state index is 0.0479. The van der Waals surface area contributed by atoms with Crippen LogP contribution in [0.5, 0.6) is 11.5 Å². The second-order valence-corrected chi connectivity index (χ2v) is 9.57. The van der Waals surface area contributed by atoms with Crippen LogP contribution in [-0.4, -0.2) is 33.7 Å². The van der Waals surface area contributed by atoms with Gasteiger partial charge in [-0.1, -0.05) is 30.3 Å². The van der Waals surface area contributed by atoms with Crippen LogP contribution in [-0.2, 0) is 28.0 Å². The molecule has 1 atom stereocenters. The number of nitrogens with one attached hydrogen (secondary N) is 1. The average Bonchev–Trinajstić information content (AvgIpc) is 3.32. The van der Waals surface area contributed by atoms with Gasteiger partial charge < -0.3 is 19.9 Å². The summed E-state index contributed by atoms with van der Waals surface area (Å²) >= 11 is 0. The maximum Gasteiger partial charge on any atom is 0.336 e. The molecule has 2 aliphatic rings. The van der Waals surface area contributed by atoms with Gasteiger partial charge in [0.25, 0.3) is 0 Å². The highest BCUT2D eigenvalue weighted by atomic mass is 16.5. The first-order chi connectivity index (χ1) is 18.2. The fourth-order valence-electron chi connectivity index (χ4n) is 4.76. The lowest BCUT2D eigenvalue weighted by Gasteiger charge is -2.32. The molecule has 0 radical (unpaired) electrons. The molecule has 0 saturated heterocycles. The molecule has 1 aliphatic heterocycles.